The molecule has 0 saturated carbocycles. The molecule has 0 aromatic heterocycles. The van der Waals surface area contributed by atoms with Gasteiger partial charge in [0.25, 0.3) is 0 Å². The van der Waals surface area contributed by atoms with Gasteiger partial charge in [0.05, 0.1) is 0 Å². The third-order valence-electron chi connectivity index (χ3n) is 6.71. The maximum atomic E-state index is 13.8. The first-order chi connectivity index (χ1) is 20.7. The Hall–Kier alpha value is -4.12. The fraction of sp³-hybridized carbons (Fsp3) is 0.515. The Kier molecular flexibility index (Phi) is 12.2. The highest BCUT2D eigenvalue weighted by molar-refractivity contribution is 5.91. The van der Waals surface area contributed by atoms with E-state index in [1.54, 1.807) is 46.4 Å². The van der Waals surface area contributed by atoms with Crippen LogP contribution in [-0.2, 0) is 38.6 Å². The Morgan fingerprint density at radius 3 is 1.98 bits per heavy atom. The SMILES string of the molecule is CC(C)(C)OC(=O)NCc1ccc(CNC(=O)[C@@H]2CNCCN2C(=O)[C@@H](CCc2ccccc2)NC(=O)OC(C)(C)C)cc1. The first kappa shape index (κ1) is 34.4. The van der Waals surface area contributed by atoms with Crippen molar-refractivity contribution in [2.24, 2.45) is 0 Å². The van der Waals surface area contributed by atoms with Crippen molar-refractivity contribution in [3.8, 4) is 0 Å². The van der Waals surface area contributed by atoms with Gasteiger partial charge in [-0.3, -0.25) is 9.59 Å². The zero-order chi connectivity index (χ0) is 32.3. The van der Waals surface area contributed by atoms with Crippen LogP contribution in [0.1, 0.15) is 64.7 Å². The van der Waals surface area contributed by atoms with E-state index >= 15 is 0 Å². The normalized spacial score (nSPS) is 16.0. The Balaban J connectivity index is 1.61. The Bertz CT molecular complexity index is 1250. The van der Waals surface area contributed by atoms with Crippen LogP contribution in [0.3, 0.4) is 0 Å². The van der Waals surface area contributed by atoms with Gasteiger partial charge in [0.15, 0.2) is 0 Å². The van der Waals surface area contributed by atoms with Gasteiger partial charge in [-0.2, -0.15) is 0 Å². The summed E-state index contributed by atoms with van der Waals surface area (Å²) in [4.78, 5) is 53.3. The molecule has 0 unspecified atom stereocenters. The zero-order valence-corrected chi connectivity index (χ0v) is 26.7. The van der Waals surface area contributed by atoms with Gasteiger partial charge in [-0.15, -0.1) is 0 Å². The number of benzene rings is 2. The smallest absolute Gasteiger partial charge is 0.408 e. The average Bonchev–Trinajstić information content (AvgIpc) is 2.96. The van der Waals surface area contributed by atoms with Crippen molar-refractivity contribution >= 4 is 24.0 Å². The maximum Gasteiger partial charge on any atom is 0.408 e. The molecule has 1 aliphatic heterocycles. The second-order valence-electron chi connectivity index (χ2n) is 12.9. The molecule has 11 nitrogen and oxygen atoms in total. The lowest BCUT2D eigenvalue weighted by molar-refractivity contribution is -0.143. The van der Waals surface area contributed by atoms with Crippen LogP contribution in [0, 0.1) is 0 Å². The number of hydrogen-bond acceptors (Lipinski definition) is 7. The van der Waals surface area contributed by atoms with E-state index in [9.17, 15) is 19.2 Å². The van der Waals surface area contributed by atoms with Crippen molar-refractivity contribution in [3.63, 3.8) is 0 Å². The molecule has 1 aliphatic rings. The highest BCUT2D eigenvalue weighted by Gasteiger charge is 2.36. The van der Waals surface area contributed by atoms with E-state index in [-0.39, 0.29) is 18.4 Å². The van der Waals surface area contributed by atoms with Crippen LogP contribution >= 0.6 is 0 Å². The highest BCUT2D eigenvalue weighted by Crippen LogP contribution is 2.14. The molecule has 4 N–H and O–H groups in total. The summed E-state index contributed by atoms with van der Waals surface area (Å²) in [5, 5.41) is 11.6. The highest BCUT2D eigenvalue weighted by atomic mass is 16.6. The van der Waals surface area contributed by atoms with Crippen molar-refractivity contribution in [1.29, 1.82) is 0 Å². The number of alkyl carbamates (subject to hydrolysis) is 2. The van der Waals surface area contributed by atoms with E-state index in [1.807, 2.05) is 54.6 Å². The lowest BCUT2D eigenvalue weighted by Crippen LogP contribution is -2.63. The second kappa shape index (κ2) is 15.6. The summed E-state index contributed by atoms with van der Waals surface area (Å²) in [5.41, 5.74) is 1.50. The number of nitrogens with zero attached hydrogens (tertiary/aromatic N) is 1. The number of aryl methyl sites for hydroxylation is 1. The minimum Gasteiger partial charge on any atom is -0.444 e. The Morgan fingerprint density at radius 1 is 0.818 bits per heavy atom. The number of rotatable bonds is 10. The number of amides is 4. The molecule has 4 amide bonds. The largest absolute Gasteiger partial charge is 0.444 e. The molecule has 2 aromatic rings. The van der Waals surface area contributed by atoms with Crippen LogP contribution in [0.5, 0.6) is 0 Å². The summed E-state index contributed by atoms with van der Waals surface area (Å²) in [6.07, 6.45) is -0.239. The Labute approximate surface area is 260 Å². The van der Waals surface area contributed by atoms with E-state index in [1.165, 1.54) is 0 Å². The topological polar surface area (TPSA) is 138 Å². The molecule has 1 fully saturated rings. The van der Waals surface area contributed by atoms with Crippen LogP contribution in [0.15, 0.2) is 54.6 Å². The molecule has 0 spiro atoms. The van der Waals surface area contributed by atoms with Gasteiger partial charge in [-0.05, 0) is 71.1 Å². The molecule has 11 heteroatoms. The van der Waals surface area contributed by atoms with Crippen molar-refractivity contribution in [1.82, 2.24) is 26.2 Å². The lowest BCUT2D eigenvalue weighted by Gasteiger charge is -2.37. The lowest BCUT2D eigenvalue weighted by atomic mass is 10.0. The van der Waals surface area contributed by atoms with Crippen LogP contribution < -0.4 is 21.3 Å². The fourth-order valence-corrected chi connectivity index (χ4v) is 4.64. The molecule has 240 valence electrons. The summed E-state index contributed by atoms with van der Waals surface area (Å²) >= 11 is 0. The number of piperazine rings is 1. The standard InChI is InChI=1S/C33H47N5O6/c1-32(2,3)43-30(41)36-21-25-14-12-24(13-15-25)20-35-28(39)27-22-34-18-19-38(27)29(40)26(37-31(42)44-33(4,5)6)17-16-23-10-8-7-9-11-23/h7-15,26-27,34H,16-22H2,1-6H3,(H,35,39)(H,36,41)(H,37,42)/t26-,27+/m1/s1. The number of nitrogens with one attached hydrogen (secondary N) is 4. The third kappa shape index (κ3) is 11.9. The molecule has 0 bridgehead atoms. The average molecular weight is 610 g/mol. The third-order valence-corrected chi connectivity index (χ3v) is 6.71. The number of carbonyl (C=O) groups is 4. The summed E-state index contributed by atoms with van der Waals surface area (Å²) in [7, 11) is 0. The van der Waals surface area contributed by atoms with E-state index in [0.717, 1.165) is 16.7 Å². The number of ether oxygens (including phenoxy) is 2. The van der Waals surface area contributed by atoms with Crippen molar-refractivity contribution in [2.45, 2.75) is 90.8 Å². The van der Waals surface area contributed by atoms with Gasteiger partial charge >= 0.3 is 12.2 Å². The molecule has 3 rings (SSSR count). The van der Waals surface area contributed by atoms with Gasteiger partial charge in [0.1, 0.15) is 23.3 Å². The van der Waals surface area contributed by atoms with Crippen molar-refractivity contribution in [2.75, 3.05) is 19.6 Å². The van der Waals surface area contributed by atoms with Gasteiger partial charge in [-0.25, -0.2) is 9.59 Å². The summed E-state index contributed by atoms with van der Waals surface area (Å²) < 4.78 is 10.7. The minimum absolute atomic E-state index is 0.269. The van der Waals surface area contributed by atoms with Crippen molar-refractivity contribution < 1.29 is 28.7 Å². The molecular formula is C33H47N5O6. The summed E-state index contributed by atoms with van der Waals surface area (Å²) in [6, 6.07) is 15.6. The van der Waals surface area contributed by atoms with Crippen LogP contribution in [-0.4, -0.2) is 71.8 Å². The summed E-state index contributed by atoms with van der Waals surface area (Å²) in [6.45, 7) is 12.4. The second-order valence-corrected chi connectivity index (χ2v) is 12.9. The predicted molar refractivity (Wildman–Crippen MR) is 168 cm³/mol. The fourth-order valence-electron chi connectivity index (χ4n) is 4.64. The molecule has 1 saturated heterocycles. The first-order valence-electron chi connectivity index (χ1n) is 15.1. The van der Waals surface area contributed by atoms with E-state index < -0.39 is 35.5 Å². The van der Waals surface area contributed by atoms with Gasteiger partial charge in [0.2, 0.25) is 11.8 Å². The van der Waals surface area contributed by atoms with Gasteiger partial charge in [0, 0.05) is 32.7 Å². The monoisotopic (exact) mass is 609 g/mol. The minimum atomic E-state index is -0.861. The quantitative estimate of drug-likeness (QED) is 0.323. The number of carbonyl (C=O) groups excluding carboxylic acids is 4. The van der Waals surface area contributed by atoms with Gasteiger partial charge < -0.3 is 35.6 Å². The van der Waals surface area contributed by atoms with Crippen LogP contribution in [0.2, 0.25) is 0 Å². The van der Waals surface area contributed by atoms with Gasteiger partial charge in [-0.1, -0.05) is 54.6 Å². The summed E-state index contributed by atoms with van der Waals surface area (Å²) in [5.74, 6) is -0.615. The molecule has 44 heavy (non-hydrogen) atoms. The number of hydrogen-bond donors (Lipinski definition) is 4. The molecular weight excluding hydrogens is 562 g/mol. The maximum absolute atomic E-state index is 13.8. The molecule has 0 aliphatic carbocycles. The molecule has 1 heterocycles. The van der Waals surface area contributed by atoms with Crippen LogP contribution in [0.4, 0.5) is 9.59 Å². The van der Waals surface area contributed by atoms with E-state index in [0.29, 0.717) is 39.0 Å². The molecule has 0 radical (unpaired) electrons. The zero-order valence-electron chi connectivity index (χ0n) is 26.7. The first-order valence-corrected chi connectivity index (χ1v) is 15.1. The van der Waals surface area contributed by atoms with Crippen LogP contribution in [0.25, 0.3) is 0 Å². The molecule has 2 atom stereocenters. The molecule has 2 aromatic carbocycles. The van der Waals surface area contributed by atoms with E-state index in [4.69, 9.17) is 9.47 Å². The van der Waals surface area contributed by atoms with Crippen molar-refractivity contribution in [3.05, 3.63) is 71.3 Å². The van der Waals surface area contributed by atoms with E-state index in [2.05, 4.69) is 21.3 Å². The Morgan fingerprint density at radius 2 is 1.39 bits per heavy atom. The predicted octanol–water partition coefficient (Wildman–Crippen LogP) is 3.65.